The Morgan fingerprint density at radius 2 is 2.27 bits per heavy atom. The molecule has 0 unspecified atom stereocenters. The molecule has 0 bridgehead atoms. The highest BCUT2D eigenvalue weighted by atomic mass is 16.4. The summed E-state index contributed by atoms with van der Waals surface area (Å²) < 4.78 is 5.18. The van der Waals surface area contributed by atoms with E-state index in [9.17, 15) is 4.79 Å². The topological polar surface area (TPSA) is 63.3 Å². The number of carbonyl (C=O) groups is 1. The SMILES string of the molecule is Cc1ncoc1-c1cccc(C(=O)O)c1. The monoisotopic (exact) mass is 203 g/mol. The van der Waals surface area contributed by atoms with Crippen molar-refractivity contribution in [3.05, 3.63) is 41.9 Å². The van der Waals surface area contributed by atoms with E-state index >= 15 is 0 Å². The van der Waals surface area contributed by atoms with Crippen LogP contribution in [0.25, 0.3) is 11.3 Å². The van der Waals surface area contributed by atoms with Crippen LogP contribution in [0, 0.1) is 6.92 Å². The Kier molecular flexibility index (Phi) is 2.25. The zero-order valence-corrected chi connectivity index (χ0v) is 8.10. The van der Waals surface area contributed by atoms with Gasteiger partial charge in [-0.2, -0.15) is 0 Å². The summed E-state index contributed by atoms with van der Waals surface area (Å²) in [7, 11) is 0. The third-order valence-electron chi connectivity index (χ3n) is 2.12. The van der Waals surface area contributed by atoms with E-state index < -0.39 is 5.97 Å². The number of oxazole rings is 1. The van der Waals surface area contributed by atoms with Gasteiger partial charge in [0.05, 0.1) is 11.3 Å². The molecular weight excluding hydrogens is 194 g/mol. The van der Waals surface area contributed by atoms with Gasteiger partial charge >= 0.3 is 5.97 Å². The number of aromatic carboxylic acids is 1. The zero-order valence-electron chi connectivity index (χ0n) is 8.10. The highest BCUT2D eigenvalue weighted by Crippen LogP contribution is 2.23. The van der Waals surface area contributed by atoms with Crippen LogP contribution in [0.15, 0.2) is 35.1 Å². The zero-order chi connectivity index (χ0) is 10.8. The quantitative estimate of drug-likeness (QED) is 0.813. The van der Waals surface area contributed by atoms with Gasteiger partial charge in [-0.1, -0.05) is 12.1 Å². The van der Waals surface area contributed by atoms with Crippen LogP contribution in [0.1, 0.15) is 16.1 Å². The molecule has 0 fully saturated rings. The smallest absolute Gasteiger partial charge is 0.335 e. The summed E-state index contributed by atoms with van der Waals surface area (Å²) in [5.41, 5.74) is 1.71. The van der Waals surface area contributed by atoms with Crippen molar-refractivity contribution < 1.29 is 14.3 Å². The second-order valence-corrected chi connectivity index (χ2v) is 3.15. The minimum absolute atomic E-state index is 0.239. The van der Waals surface area contributed by atoms with Gasteiger partial charge in [0.1, 0.15) is 0 Å². The lowest BCUT2D eigenvalue weighted by atomic mass is 10.1. The fourth-order valence-corrected chi connectivity index (χ4v) is 1.37. The Morgan fingerprint density at radius 3 is 2.87 bits per heavy atom. The Morgan fingerprint density at radius 1 is 1.47 bits per heavy atom. The van der Waals surface area contributed by atoms with Crippen molar-refractivity contribution in [2.45, 2.75) is 6.92 Å². The number of benzene rings is 1. The van der Waals surface area contributed by atoms with Crippen molar-refractivity contribution in [3.8, 4) is 11.3 Å². The molecule has 0 aliphatic rings. The van der Waals surface area contributed by atoms with Crippen LogP contribution >= 0.6 is 0 Å². The molecule has 76 valence electrons. The molecule has 0 amide bonds. The predicted octanol–water partition coefficient (Wildman–Crippen LogP) is 2.35. The predicted molar refractivity (Wildman–Crippen MR) is 53.6 cm³/mol. The lowest BCUT2D eigenvalue weighted by Gasteiger charge is -1.99. The maximum Gasteiger partial charge on any atom is 0.335 e. The van der Waals surface area contributed by atoms with Crippen LogP contribution in [0.2, 0.25) is 0 Å². The van der Waals surface area contributed by atoms with Crippen LogP contribution in [-0.2, 0) is 0 Å². The van der Waals surface area contributed by atoms with Gasteiger partial charge in [-0.25, -0.2) is 9.78 Å². The second kappa shape index (κ2) is 3.57. The van der Waals surface area contributed by atoms with Crippen LogP contribution in [0.4, 0.5) is 0 Å². The number of carboxylic acid groups (broad SMARTS) is 1. The van der Waals surface area contributed by atoms with Gasteiger partial charge in [-0.15, -0.1) is 0 Å². The molecule has 0 saturated heterocycles. The van der Waals surface area contributed by atoms with Crippen molar-refractivity contribution in [2.75, 3.05) is 0 Å². The number of carboxylic acids is 1. The largest absolute Gasteiger partial charge is 0.478 e. The van der Waals surface area contributed by atoms with Crippen molar-refractivity contribution in [2.24, 2.45) is 0 Å². The van der Waals surface area contributed by atoms with E-state index in [2.05, 4.69) is 4.98 Å². The maximum atomic E-state index is 10.8. The molecular formula is C11H9NO3. The highest BCUT2D eigenvalue weighted by molar-refractivity contribution is 5.89. The summed E-state index contributed by atoms with van der Waals surface area (Å²) in [6, 6.07) is 6.58. The van der Waals surface area contributed by atoms with Crippen molar-refractivity contribution in [1.82, 2.24) is 4.98 Å². The lowest BCUT2D eigenvalue weighted by Crippen LogP contribution is -1.95. The van der Waals surface area contributed by atoms with Gasteiger partial charge in [0.15, 0.2) is 12.2 Å². The van der Waals surface area contributed by atoms with E-state index in [0.29, 0.717) is 5.76 Å². The number of aryl methyl sites for hydroxylation is 1. The Balaban J connectivity index is 2.50. The van der Waals surface area contributed by atoms with E-state index in [1.807, 2.05) is 6.92 Å². The minimum Gasteiger partial charge on any atom is -0.478 e. The Labute approximate surface area is 86.2 Å². The number of aromatic nitrogens is 1. The molecule has 2 aromatic rings. The molecule has 1 N–H and O–H groups in total. The number of rotatable bonds is 2. The van der Waals surface area contributed by atoms with Crippen molar-refractivity contribution >= 4 is 5.97 Å². The fraction of sp³-hybridized carbons (Fsp3) is 0.0909. The average Bonchev–Trinajstić information content (AvgIpc) is 2.64. The van der Waals surface area contributed by atoms with Crippen molar-refractivity contribution in [3.63, 3.8) is 0 Å². The first kappa shape index (κ1) is 9.45. The van der Waals surface area contributed by atoms with Crippen LogP contribution in [0.5, 0.6) is 0 Å². The molecule has 15 heavy (non-hydrogen) atoms. The van der Waals surface area contributed by atoms with Crippen LogP contribution < -0.4 is 0 Å². The molecule has 0 aliphatic heterocycles. The van der Waals surface area contributed by atoms with Crippen LogP contribution in [0.3, 0.4) is 0 Å². The standard InChI is InChI=1S/C11H9NO3/c1-7-10(15-6-12-7)8-3-2-4-9(5-8)11(13)14/h2-6H,1H3,(H,13,14). The minimum atomic E-state index is -0.950. The third-order valence-corrected chi connectivity index (χ3v) is 2.12. The molecule has 0 aliphatic carbocycles. The second-order valence-electron chi connectivity index (χ2n) is 3.15. The molecule has 0 atom stereocenters. The summed E-state index contributed by atoms with van der Waals surface area (Å²) in [6.45, 7) is 1.81. The molecule has 0 radical (unpaired) electrons. The molecule has 0 spiro atoms. The van der Waals surface area contributed by atoms with Gasteiger partial charge in [-0.3, -0.25) is 0 Å². The highest BCUT2D eigenvalue weighted by Gasteiger charge is 2.09. The van der Waals surface area contributed by atoms with Crippen molar-refractivity contribution in [1.29, 1.82) is 0 Å². The molecule has 2 rings (SSSR count). The van der Waals surface area contributed by atoms with Crippen LogP contribution in [-0.4, -0.2) is 16.1 Å². The summed E-state index contributed by atoms with van der Waals surface area (Å²) in [5.74, 6) is -0.341. The van der Waals surface area contributed by atoms with E-state index in [-0.39, 0.29) is 5.56 Å². The van der Waals surface area contributed by atoms with Gasteiger partial charge in [0.25, 0.3) is 0 Å². The average molecular weight is 203 g/mol. The Hall–Kier alpha value is -2.10. The summed E-state index contributed by atoms with van der Waals surface area (Å²) in [6.07, 6.45) is 1.35. The summed E-state index contributed by atoms with van der Waals surface area (Å²) in [5, 5.41) is 8.83. The fourth-order valence-electron chi connectivity index (χ4n) is 1.37. The summed E-state index contributed by atoms with van der Waals surface area (Å²) >= 11 is 0. The lowest BCUT2D eigenvalue weighted by molar-refractivity contribution is 0.0697. The van der Waals surface area contributed by atoms with Gasteiger partial charge in [0.2, 0.25) is 0 Å². The molecule has 4 heteroatoms. The number of hydrogen-bond donors (Lipinski definition) is 1. The first-order valence-electron chi connectivity index (χ1n) is 4.42. The Bertz CT molecular complexity index is 502. The first-order valence-corrected chi connectivity index (χ1v) is 4.42. The van der Waals surface area contributed by atoms with E-state index in [4.69, 9.17) is 9.52 Å². The van der Waals surface area contributed by atoms with Gasteiger partial charge in [-0.05, 0) is 19.1 Å². The molecule has 4 nitrogen and oxygen atoms in total. The molecule has 1 heterocycles. The normalized spacial score (nSPS) is 10.2. The van der Waals surface area contributed by atoms with Gasteiger partial charge < -0.3 is 9.52 Å². The number of hydrogen-bond acceptors (Lipinski definition) is 3. The third kappa shape index (κ3) is 1.74. The maximum absolute atomic E-state index is 10.8. The molecule has 1 aromatic heterocycles. The molecule has 0 saturated carbocycles. The number of nitrogens with zero attached hydrogens (tertiary/aromatic N) is 1. The summed E-state index contributed by atoms with van der Waals surface area (Å²) in [4.78, 5) is 14.7. The van der Waals surface area contributed by atoms with E-state index in [0.717, 1.165) is 11.3 Å². The molecule has 1 aromatic carbocycles. The first-order chi connectivity index (χ1) is 7.18. The van der Waals surface area contributed by atoms with E-state index in [1.165, 1.54) is 12.5 Å². The van der Waals surface area contributed by atoms with E-state index in [1.54, 1.807) is 18.2 Å². The van der Waals surface area contributed by atoms with Gasteiger partial charge in [0, 0.05) is 5.56 Å².